The second-order valence-corrected chi connectivity index (χ2v) is 2.26. The first-order valence-corrected chi connectivity index (χ1v) is 3.42. The minimum atomic E-state index is 0.103. The summed E-state index contributed by atoms with van der Waals surface area (Å²) >= 11 is 0. The maximum Gasteiger partial charge on any atom is 0.143 e. The summed E-state index contributed by atoms with van der Waals surface area (Å²) in [5.41, 5.74) is 0.972. The molecular formula is C8H6N2O2. The van der Waals surface area contributed by atoms with Crippen LogP contribution < -0.4 is 0 Å². The van der Waals surface area contributed by atoms with Gasteiger partial charge >= 0.3 is 0 Å². The molecule has 0 unspecified atom stereocenters. The minimum Gasteiger partial charge on any atom is -0.506 e. The highest BCUT2D eigenvalue weighted by Gasteiger charge is 2.06. The predicted molar refractivity (Wildman–Crippen MR) is 41.4 cm³/mol. The third-order valence-electron chi connectivity index (χ3n) is 1.47. The number of aromatic hydroxyl groups is 1. The molecule has 0 saturated heterocycles. The number of hydrogen-bond acceptors (Lipinski definition) is 4. The standard InChI is InChI=1S/C8H6N2O2/c11-7-2-1-4-9-8(7)6-3-5-12-10-6/h1-5,11H. The number of hydrogen-bond donors (Lipinski definition) is 1. The quantitative estimate of drug-likeness (QED) is 0.689. The highest BCUT2D eigenvalue weighted by Crippen LogP contribution is 2.23. The Labute approximate surface area is 68.5 Å². The molecule has 4 nitrogen and oxygen atoms in total. The summed E-state index contributed by atoms with van der Waals surface area (Å²) < 4.78 is 4.62. The van der Waals surface area contributed by atoms with Crippen LogP contribution in [-0.2, 0) is 0 Å². The van der Waals surface area contributed by atoms with Crippen LogP contribution >= 0.6 is 0 Å². The fourth-order valence-corrected chi connectivity index (χ4v) is 0.929. The van der Waals surface area contributed by atoms with E-state index in [2.05, 4.69) is 14.7 Å². The minimum absolute atomic E-state index is 0.103. The Morgan fingerprint density at radius 1 is 1.33 bits per heavy atom. The molecule has 0 spiro atoms. The first-order valence-electron chi connectivity index (χ1n) is 3.42. The molecule has 0 aliphatic carbocycles. The second-order valence-electron chi connectivity index (χ2n) is 2.26. The Bertz CT molecular complexity index is 370. The van der Waals surface area contributed by atoms with E-state index in [4.69, 9.17) is 0 Å². The number of nitrogens with zero attached hydrogens (tertiary/aromatic N) is 2. The Morgan fingerprint density at radius 2 is 2.25 bits per heavy atom. The van der Waals surface area contributed by atoms with Crippen LogP contribution in [0.1, 0.15) is 0 Å². The van der Waals surface area contributed by atoms with E-state index >= 15 is 0 Å². The van der Waals surface area contributed by atoms with E-state index in [1.165, 1.54) is 6.26 Å². The van der Waals surface area contributed by atoms with Gasteiger partial charge in [0.05, 0.1) is 0 Å². The first kappa shape index (κ1) is 6.84. The lowest BCUT2D eigenvalue weighted by Crippen LogP contribution is -1.82. The molecule has 0 aliphatic rings. The van der Waals surface area contributed by atoms with Crippen LogP contribution in [0, 0.1) is 0 Å². The molecular weight excluding hydrogens is 156 g/mol. The van der Waals surface area contributed by atoms with Crippen molar-refractivity contribution in [1.82, 2.24) is 10.1 Å². The predicted octanol–water partition coefficient (Wildman–Crippen LogP) is 1.44. The summed E-state index contributed by atoms with van der Waals surface area (Å²) in [4.78, 5) is 3.95. The van der Waals surface area contributed by atoms with Crippen molar-refractivity contribution in [1.29, 1.82) is 0 Å². The van der Waals surface area contributed by atoms with Crippen LogP contribution in [0.25, 0.3) is 11.4 Å². The van der Waals surface area contributed by atoms with E-state index in [1.807, 2.05) is 0 Å². The third kappa shape index (κ3) is 1.03. The zero-order chi connectivity index (χ0) is 8.39. The Balaban J connectivity index is 2.55. The van der Waals surface area contributed by atoms with Gasteiger partial charge in [-0.25, -0.2) is 0 Å². The summed E-state index contributed by atoms with van der Waals surface area (Å²) in [5.74, 6) is 0.103. The van der Waals surface area contributed by atoms with Gasteiger partial charge in [0.25, 0.3) is 0 Å². The lowest BCUT2D eigenvalue weighted by molar-refractivity contribution is 0.420. The molecule has 0 radical (unpaired) electrons. The average Bonchev–Trinajstić information content (AvgIpc) is 2.57. The Kier molecular flexibility index (Phi) is 1.51. The van der Waals surface area contributed by atoms with Gasteiger partial charge in [-0.15, -0.1) is 0 Å². The van der Waals surface area contributed by atoms with Crippen molar-refractivity contribution in [3.05, 3.63) is 30.7 Å². The molecule has 2 aromatic rings. The Morgan fingerprint density at radius 3 is 2.92 bits per heavy atom. The van der Waals surface area contributed by atoms with Crippen LogP contribution in [0.2, 0.25) is 0 Å². The van der Waals surface area contributed by atoms with Crippen molar-refractivity contribution in [2.24, 2.45) is 0 Å². The molecule has 0 atom stereocenters. The fraction of sp³-hybridized carbons (Fsp3) is 0. The van der Waals surface area contributed by atoms with Crippen molar-refractivity contribution in [2.75, 3.05) is 0 Å². The summed E-state index contributed by atoms with van der Waals surface area (Å²) in [5, 5.41) is 13.0. The molecule has 4 heteroatoms. The molecule has 2 aromatic heterocycles. The topological polar surface area (TPSA) is 59.2 Å². The van der Waals surface area contributed by atoms with Gasteiger partial charge in [-0.2, -0.15) is 0 Å². The van der Waals surface area contributed by atoms with E-state index in [-0.39, 0.29) is 5.75 Å². The van der Waals surface area contributed by atoms with E-state index in [9.17, 15) is 5.11 Å². The monoisotopic (exact) mass is 162 g/mol. The summed E-state index contributed by atoms with van der Waals surface area (Å²) in [6.07, 6.45) is 3.02. The molecule has 12 heavy (non-hydrogen) atoms. The average molecular weight is 162 g/mol. The molecule has 1 N–H and O–H groups in total. The van der Waals surface area contributed by atoms with Gasteiger partial charge in [-0.3, -0.25) is 4.98 Å². The summed E-state index contributed by atoms with van der Waals surface area (Å²) in [7, 11) is 0. The smallest absolute Gasteiger partial charge is 0.143 e. The van der Waals surface area contributed by atoms with Crippen LogP contribution in [0.15, 0.2) is 35.2 Å². The molecule has 0 amide bonds. The van der Waals surface area contributed by atoms with Crippen molar-refractivity contribution >= 4 is 0 Å². The van der Waals surface area contributed by atoms with Gasteiger partial charge < -0.3 is 9.63 Å². The van der Waals surface area contributed by atoms with Gasteiger partial charge in [0.15, 0.2) is 0 Å². The molecule has 0 bridgehead atoms. The molecule has 0 saturated carbocycles. The van der Waals surface area contributed by atoms with Gasteiger partial charge in [0.1, 0.15) is 23.4 Å². The van der Waals surface area contributed by atoms with Gasteiger partial charge in [0, 0.05) is 12.3 Å². The van der Waals surface area contributed by atoms with Crippen LogP contribution in [0.3, 0.4) is 0 Å². The lowest BCUT2D eigenvalue weighted by atomic mass is 10.2. The molecule has 0 aliphatic heterocycles. The maximum atomic E-state index is 9.34. The van der Waals surface area contributed by atoms with Crippen molar-refractivity contribution < 1.29 is 9.63 Å². The van der Waals surface area contributed by atoms with Gasteiger partial charge in [0.2, 0.25) is 0 Å². The molecule has 0 aromatic carbocycles. The van der Waals surface area contributed by atoms with Gasteiger partial charge in [-0.05, 0) is 12.1 Å². The van der Waals surface area contributed by atoms with Crippen LogP contribution in [0.5, 0.6) is 5.75 Å². The second kappa shape index (κ2) is 2.65. The number of rotatable bonds is 1. The number of aromatic nitrogens is 2. The molecule has 2 heterocycles. The maximum absolute atomic E-state index is 9.34. The van der Waals surface area contributed by atoms with E-state index in [1.54, 1.807) is 24.4 Å². The van der Waals surface area contributed by atoms with Crippen LogP contribution in [0.4, 0.5) is 0 Å². The van der Waals surface area contributed by atoms with E-state index in [0.717, 1.165) is 0 Å². The van der Waals surface area contributed by atoms with Crippen molar-refractivity contribution in [3.8, 4) is 17.1 Å². The lowest BCUT2D eigenvalue weighted by Gasteiger charge is -1.96. The number of pyridine rings is 1. The SMILES string of the molecule is Oc1cccnc1-c1ccon1. The third-order valence-corrected chi connectivity index (χ3v) is 1.47. The van der Waals surface area contributed by atoms with E-state index in [0.29, 0.717) is 11.4 Å². The highest BCUT2D eigenvalue weighted by molar-refractivity contribution is 5.60. The normalized spacial score (nSPS) is 10.0. The summed E-state index contributed by atoms with van der Waals surface area (Å²) in [6.45, 7) is 0. The van der Waals surface area contributed by atoms with Crippen LogP contribution in [-0.4, -0.2) is 15.2 Å². The Hall–Kier alpha value is -1.84. The van der Waals surface area contributed by atoms with Crippen molar-refractivity contribution in [2.45, 2.75) is 0 Å². The van der Waals surface area contributed by atoms with E-state index < -0.39 is 0 Å². The largest absolute Gasteiger partial charge is 0.506 e. The van der Waals surface area contributed by atoms with Gasteiger partial charge in [-0.1, -0.05) is 5.16 Å². The first-order chi connectivity index (χ1) is 5.88. The van der Waals surface area contributed by atoms with Crippen molar-refractivity contribution in [3.63, 3.8) is 0 Å². The fourth-order valence-electron chi connectivity index (χ4n) is 0.929. The molecule has 0 fully saturated rings. The zero-order valence-electron chi connectivity index (χ0n) is 6.14. The summed E-state index contributed by atoms with van der Waals surface area (Å²) in [6, 6.07) is 4.85. The molecule has 2 rings (SSSR count). The molecule has 60 valence electrons. The zero-order valence-corrected chi connectivity index (χ0v) is 6.14. The highest BCUT2D eigenvalue weighted by atomic mass is 16.5.